The molecule has 0 radical (unpaired) electrons. The summed E-state index contributed by atoms with van der Waals surface area (Å²) in [5.74, 6) is 0.883. The molecule has 1 saturated heterocycles. The summed E-state index contributed by atoms with van der Waals surface area (Å²) in [6, 6.07) is 8.67. The molecule has 1 atom stereocenters. The quantitative estimate of drug-likeness (QED) is 0.910. The number of aromatic nitrogens is 2. The summed E-state index contributed by atoms with van der Waals surface area (Å²) in [6.07, 6.45) is 1.99. The number of nitrogens with one attached hydrogen (secondary N) is 1. The third-order valence-corrected chi connectivity index (χ3v) is 3.91. The van der Waals surface area contributed by atoms with Gasteiger partial charge < -0.3 is 10.1 Å². The van der Waals surface area contributed by atoms with Crippen molar-refractivity contribution in [2.45, 2.75) is 45.3 Å². The predicted molar refractivity (Wildman–Crippen MR) is 81.0 cm³/mol. The number of hydrogen-bond donors (Lipinski definition) is 1. The van der Waals surface area contributed by atoms with E-state index in [0.29, 0.717) is 6.04 Å². The summed E-state index contributed by atoms with van der Waals surface area (Å²) < 4.78 is 5.76. The zero-order valence-corrected chi connectivity index (χ0v) is 12.3. The van der Waals surface area contributed by atoms with E-state index < -0.39 is 0 Å². The average Bonchev–Trinajstić information content (AvgIpc) is 2.41. The van der Waals surface area contributed by atoms with Crippen molar-refractivity contribution >= 4 is 16.6 Å². The Hall–Kier alpha value is -1.68. The van der Waals surface area contributed by atoms with Crippen LogP contribution in [0, 0.1) is 6.92 Å². The van der Waals surface area contributed by atoms with Gasteiger partial charge in [0, 0.05) is 23.4 Å². The zero-order valence-electron chi connectivity index (χ0n) is 12.3. The molecule has 0 saturated carbocycles. The molecule has 1 fully saturated rings. The van der Waals surface area contributed by atoms with Gasteiger partial charge in [0.1, 0.15) is 0 Å². The largest absolute Gasteiger partial charge is 0.375 e. The maximum atomic E-state index is 5.76. The molecule has 2 aromatic rings. The van der Waals surface area contributed by atoms with Crippen LogP contribution >= 0.6 is 0 Å². The van der Waals surface area contributed by atoms with E-state index >= 15 is 0 Å². The maximum Gasteiger partial charge on any atom is 0.156 e. The molecule has 0 aliphatic carbocycles. The first-order valence-corrected chi connectivity index (χ1v) is 7.18. The van der Waals surface area contributed by atoms with Gasteiger partial charge in [0.2, 0.25) is 0 Å². The van der Waals surface area contributed by atoms with Crippen LogP contribution in [0.3, 0.4) is 0 Å². The molecule has 1 aliphatic heterocycles. The lowest BCUT2D eigenvalue weighted by Gasteiger charge is -2.36. The Morgan fingerprint density at radius 1 is 1.20 bits per heavy atom. The Balaban J connectivity index is 1.90. The third-order valence-electron chi connectivity index (χ3n) is 3.91. The fourth-order valence-corrected chi connectivity index (χ4v) is 2.89. The minimum absolute atomic E-state index is 0.0656. The van der Waals surface area contributed by atoms with E-state index in [2.05, 4.69) is 41.5 Å². The predicted octanol–water partition coefficient (Wildman–Crippen LogP) is 3.31. The van der Waals surface area contributed by atoms with Crippen molar-refractivity contribution in [3.8, 4) is 0 Å². The first-order valence-electron chi connectivity index (χ1n) is 7.18. The number of rotatable bonds is 2. The van der Waals surface area contributed by atoms with E-state index in [9.17, 15) is 0 Å². The van der Waals surface area contributed by atoms with Crippen LogP contribution in [0.2, 0.25) is 0 Å². The van der Waals surface area contributed by atoms with Gasteiger partial charge in [-0.3, -0.25) is 0 Å². The molecule has 4 nitrogen and oxygen atoms in total. The van der Waals surface area contributed by atoms with Crippen molar-refractivity contribution in [2.24, 2.45) is 0 Å². The van der Waals surface area contributed by atoms with Crippen LogP contribution in [0.4, 0.5) is 5.82 Å². The van der Waals surface area contributed by atoms with E-state index in [1.54, 1.807) is 0 Å². The molecule has 1 aliphatic rings. The summed E-state index contributed by atoms with van der Waals surface area (Å²) >= 11 is 0. The average molecular weight is 271 g/mol. The molecule has 0 amide bonds. The molecule has 3 rings (SSSR count). The number of nitrogens with zero attached hydrogens (tertiary/aromatic N) is 2. The smallest absolute Gasteiger partial charge is 0.156 e. The second-order valence-electron chi connectivity index (χ2n) is 6.12. The molecule has 20 heavy (non-hydrogen) atoms. The molecule has 106 valence electrons. The summed E-state index contributed by atoms with van der Waals surface area (Å²) in [5, 5.41) is 14.5. The number of ether oxygens (including phenoxy) is 1. The number of benzene rings is 1. The van der Waals surface area contributed by atoms with E-state index in [0.717, 1.165) is 41.7 Å². The van der Waals surface area contributed by atoms with Gasteiger partial charge >= 0.3 is 0 Å². The lowest BCUT2D eigenvalue weighted by Crippen LogP contribution is -2.40. The van der Waals surface area contributed by atoms with Crippen molar-refractivity contribution in [3.63, 3.8) is 0 Å². The summed E-state index contributed by atoms with van der Waals surface area (Å²) in [6.45, 7) is 7.07. The summed E-state index contributed by atoms with van der Waals surface area (Å²) in [4.78, 5) is 0. The van der Waals surface area contributed by atoms with Gasteiger partial charge in [0.25, 0.3) is 0 Å². The van der Waals surface area contributed by atoms with Gasteiger partial charge in [0.05, 0.1) is 11.3 Å². The van der Waals surface area contributed by atoms with Gasteiger partial charge in [-0.2, -0.15) is 5.10 Å². The molecule has 1 aromatic carbocycles. The Morgan fingerprint density at radius 2 is 1.95 bits per heavy atom. The van der Waals surface area contributed by atoms with Crippen LogP contribution in [0.15, 0.2) is 24.3 Å². The fourth-order valence-electron chi connectivity index (χ4n) is 2.89. The van der Waals surface area contributed by atoms with Gasteiger partial charge in [-0.15, -0.1) is 5.10 Å². The normalized spacial score (nSPS) is 21.9. The number of hydrogen-bond acceptors (Lipinski definition) is 4. The van der Waals surface area contributed by atoms with Crippen molar-refractivity contribution < 1.29 is 4.74 Å². The highest BCUT2D eigenvalue weighted by molar-refractivity contribution is 5.92. The van der Waals surface area contributed by atoms with Crippen LogP contribution < -0.4 is 5.32 Å². The summed E-state index contributed by atoms with van der Waals surface area (Å²) in [7, 11) is 0. The molecule has 0 bridgehead atoms. The van der Waals surface area contributed by atoms with Crippen LogP contribution in [0.25, 0.3) is 10.8 Å². The molecule has 4 heteroatoms. The molecule has 1 N–H and O–H groups in total. The van der Waals surface area contributed by atoms with Crippen LogP contribution in [0.1, 0.15) is 32.4 Å². The van der Waals surface area contributed by atoms with Gasteiger partial charge in [-0.1, -0.05) is 24.3 Å². The SMILES string of the molecule is Cc1nnc(NC2CCOC(C)(C)C2)c2ccccc12. The Kier molecular flexibility index (Phi) is 3.34. The standard InChI is InChI=1S/C16H21N3O/c1-11-13-6-4-5-7-14(13)15(19-18-11)17-12-8-9-20-16(2,3)10-12/h4-7,12H,8-10H2,1-3H3,(H,17,19). The third kappa shape index (κ3) is 2.61. The molecule has 0 spiro atoms. The molecule has 1 unspecified atom stereocenters. The van der Waals surface area contributed by atoms with Crippen LogP contribution in [-0.2, 0) is 4.74 Å². The van der Waals surface area contributed by atoms with Crippen LogP contribution in [0.5, 0.6) is 0 Å². The molecular weight excluding hydrogens is 250 g/mol. The number of anilines is 1. The van der Waals surface area contributed by atoms with E-state index in [4.69, 9.17) is 4.74 Å². The number of aryl methyl sites for hydroxylation is 1. The Morgan fingerprint density at radius 3 is 2.70 bits per heavy atom. The highest BCUT2D eigenvalue weighted by Crippen LogP contribution is 2.28. The Labute approximate surface area is 119 Å². The van der Waals surface area contributed by atoms with Gasteiger partial charge in [-0.25, -0.2) is 0 Å². The second kappa shape index (κ2) is 5.02. The van der Waals surface area contributed by atoms with E-state index in [1.807, 2.05) is 19.1 Å². The highest BCUT2D eigenvalue weighted by atomic mass is 16.5. The monoisotopic (exact) mass is 271 g/mol. The number of fused-ring (bicyclic) bond motifs is 1. The fraction of sp³-hybridized carbons (Fsp3) is 0.500. The van der Waals surface area contributed by atoms with Crippen LogP contribution in [-0.4, -0.2) is 28.4 Å². The lowest BCUT2D eigenvalue weighted by molar-refractivity contribution is -0.0553. The first-order chi connectivity index (χ1) is 9.55. The van der Waals surface area contributed by atoms with E-state index in [1.165, 1.54) is 0 Å². The highest BCUT2D eigenvalue weighted by Gasteiger charge is 2.29. The topological polar surface area (TPSA) is 47.0 Å². The minimum atomic E-state index is -0.0656. The second-order valence-corrected chi connectivity index (χ2v) is 6.12. The lowest BCUT2D eigenvalue weighted by atomic mass is 9.94. The maximum absolute atomic E-state index is 5.76. The van der Waals surface area contributed by atoms with Crippen molar-refractivity contribution in [3.05, 3.63) is 30.0 Å². The minimum Gasteiger partial charge on any atom is -0.375 e. The molecule has 2 heterocycles. The Bertz CT molecular complexity index is 624. The van der Waals surface area contributed by atoms with Crippen molar-refractivity contribution in [1.29, 1.82) is 0 Å². The summed E-state index contributed by atoms with van der Waals surface area (Å²) in [5.41, 5.74) is 0.905. The van der Waals surface area contributed by atoms with Crippen molar-refractivity contribution in [2.75, 3.05) is 11.9 Å². The molecule has 1 aromatic heterocycles. The first kappa shape index (κ1) is 13.3. The molecular formula is C16H21N3O. The van der Waals surface area contributed by atoms with Crippen molar-refractivity contribution in [1.82, 2.24) is 10.2 Å². The van der Waals surface area contributed by atoms with Gasteiger partial charge in [-0.05, 0) is 33.6 Å². The van der Waals surface area contributed by atoms with E-state index in [-0.39, 0.29) is 5.60 Å². The zero-order chi connectivity index (χ0) is 14.2. The van der Waals surface area contributed by atoms with Gasteiger partial charge in [0.15, 0.2) is 5.82 Å².